The minimum absolute atomic E-state index is 0.643. The van der Waals surface area contributed by atoms with Crippen molar-refractivity contribution in [3.63, 3.8) is 0 Å². The summed E-state index contributed by atoms with van der Waals surface area (Å²) in [6.45, 7) is 0. The van der Waals surface area contributed by atoms with Crippen LogP contribution in [-0.4, -0.2) is 4.98 Å². The predicted octanol–water partition coefficient (Wildman–Crippen LogP) is 9.54. The molecule has 0 saturated carbocycles. The van der Waals surface area contributed by atoms with Crippen LogP contribution in [0.25, 0.3) is 55.9 Å². The Morgan fingerprint density at radius 3 is 1.57 bits per heavy atom. The lowest BCUT2D eigenvalue weighted by Gasteiger charge is -2.12. The maximum Gasteiger partial charge on any atom is 0.0991 e. The van der Waals surface area contributed by atoms with Gasteiger partial charge in [-0.3, -0.25) is 0 Å². The second-order valence-electron chi connectivity index (χ2n) is 9.54. The smallest absolute Gasteiger partial charge is 0.0991 e. The lowest BCUT2D eigenvalue weighted by atomic mass is 9.96. The molecule has 0 atom stereocenters. The van der Waals surface area contributed by atoms with Gasteiger partial charge in [0.05, 0.1) is 23.0 Å². The molecule has 6 rings (SSSR count). The van der Waals surface area contributed by atoms with Crippen molar-refractivity contribution in [1.82, 2.24) is 4.98 Å². The van der Waals surface area contributed by atoms with E-state index in [4.69, 9.17) is 4.98 Å². The van der Waals surface area contributed by atoms with Gasteiger partial charge >= 0.3 is 0 Å². The second-order valence-corrected chi connectivity index (χ2v) is 9.76. The second kappa shape index (κ2) is 11.3. The SMILES string of the molecule is N#Cc1cccc(-c2cccc(-c3cc(-c4ccccc4)cc(-c4cccc(-c5cccc(NS)c5)c4)n3)c2)c1. The first-order valence-corrected chi connectivity index (χ1v) is 13.4. The van der Waals surface area contributed by atoms with Crippen molar-refractivity contribution in [2.24, 2.45) is 0 Å². The first-order chi connectivity index (χ1) is 19.7. The van der Waals surface area contributed by atoms with Gasteiger partial charge in [0.15, 0.2) is 0 Å². The van der Waals surface area contributed by atoms with Crippen LogP contribution >= 0.6 is 12.8 Å². The number of benzene rings is 5. The monoisotopic (exact) mass is 531 g/mol. The van der Waals surface area contributed by atoms with Crippen LogP contribution in [0.5, 0.6) is 0 Å². The Hall–Kier alpha value is -5.11. The van der Waals surface area contributed by atoms with Gasteiger partial charge in [0.2, 0.25) is 0 Å². The van der Waals surface area contributed by atoms with Crippen LogP contribution in [0.4, 0.5) is 5.69 Å². The molecule has 6 aromatic rings. The normalized spacial score (nSPS) is 10.6. The predicted molar refractivity (Wildman–Crippen MR) is 169 cm³/mol. The Kier molecular flexibility index (Phi) is 7.13. The van der Waals surface area contributed by atoms with Crippen LogP contribution in [0.3, 0.4) is 0 Å². The lowest BCUT2D eigenvalue weighted by molar-refractivity contribution is 1.32. The summed E-state index contributed by atoms with van der Waals surface area (Å²) in [5, 5.41) is 9.37. The van der Waals surface area contributed by atoms with Crippen molar-refractivity contribution in [1.29, 1.82) is 5.26 Å². The van der Waals surface area contributed by atoms with Gasteiger partial charge in [-0.05, 0) is 81.9 Å². The van der Waals surface area contributed by atoms with Crippen LogP contribution in [0.2, 0.25) is 0 Å². The highest BCUT2D eigenvalue weighted by Crippen LogP contribution is 2.34. The van der Waals surface area contributed by atoms with E-state index in [9.17, 15) is 5.26 Å². The number of aromatic nitrogens is 1. The van der Waals surface area contributed by atoms with E-state index < -0.39 is 0 Å². The van der Waals surface area contributed by atoms with Crippen molar-refractivity contribution in [2.75, 3.05) is 4.72 Å². The molecule has 0 unspecified atom stereocenters. The minimum Gasteiger partial charge on any atom is -0.332 e. The number of thiol groups is 1. The Morgan fingerprint density at radius 2 is 0.975 bits per heavy atom. The van der Waals surface area contributed by atoms with E-state index in [0.717, 1.165) is 61.6 Å². The molecule has 190 valence electrons. The van der Waals surface area contributed by atoms with Crippen molar-refractivity contribution >= 4 is 18.5 Å². The number of hydrogen-bond donors (Lipinski definition) is 2. The molecule has 3 nitrogen and oxygen atoms in total. The van der Waals surface area contributed by atoms with Gasteiger partial charge in [-0.25, -0.2) is 4.98 Å². The van der Waals surface area contributed by atoms with Gasteiger partial charge in [-0.2, -0.15) is 5.26 Å². The van der Waals surface area contributed by atoms with Crippen molar-refractivity contribution < 1.29 is 0 Å². The molecule has 0 aliphatic heterocycles. The van der Waals surface area contributed by atoms with Gasteiger partial charge in [-0.1, -0.05) is 104 Å². The molecule has 0 fully saturated rings. The number of pyridine rings is 1. The van der Waals surface area contributed by atoms with Crippen molar-refractivity contribution in [3.8, 4) is 62.0 Å². The highest BCUT2D eigenvalue weighted by atomic mass is 32.1. The van der Waals surface area contributed by atoms with Crippen LogP contribution in [-0.2, 0) is 0 Å². The summed E-state index contributed by atoms with van der Waals surface area (Å²) in [4.78, 5) is 5.16. The third-order valence-corrected chi connectivity index (χ3v) is 7.16. The average Bonchev–Trinajstić information content (AvgIpc) is 3.05. The zero-order valence-corrected chi connectivity index (χ0v) is 22.5. The Morgan fingerprint density at radius 1 is 0.475 bits per heavy atom. The zero-order valence-electron chi connectivity index (χ0n) is 21.6. The maximum atomic E-state index is 9.37. The van der Waals surface area contributed by atoms with E-state index in [0.29, 0.717) is 5.56 Å². The Balaban J connectivity index is 1.48. The summed E-state index contributed by atoms with van der Waals surface area (Å²) in [6, 6.07) is 49.6. The highest BCUT2D eigenvalue weighted by Gasteiger charge is 2.11. The first kappa shape index (κ1) is 25.2. The quantitative estimate of drug-likeness (QED) is 0.210. The third kappa shape index (κ3) is 5.37. The number of hydrogen-bond acceptors (Lipinski definition) is 4. The molecule has 0 saturated heterocycles. The van der Waals surface area contributed by atoms with Gasteiger partial charge in [0.25, 0.3) is 0 Å². The molecule has 0 radical (unpaired) electrons. The fourth-order valence-corrected chi connectivity index (χ4v) is 5.02. The van der Waals surface area contributed by atoms with Crippen LogP contribution < -0.4 is 4.72 Å². The summed E-state index contributed by atoms with van der Waals surface area (Å²) in [6.07, 6.45) is 0. The largest absolute Gasteiger partial charge is 0.332 e. The minimum atomic E-state index is 0.643. The van der Waals surface area contributed by atoms with E-state index in [1.165, 1.54) is 0 Å². The first-order valence-electron chi connectivity index (χ1n) is 13.0. The third-order valence-electron chi connectivity index (χ3n) is 6.90. The Labute approximate surface area is 240 Å². The Bertz CT molecular complexity index is 1850. The molecule has 0 spiro atoms. The van der Waals surface area contributed by atoms with Crippen LogP contribution in [0.1, 0.15) is 5.56 Å². The molecule has 1 heterocycles. The molecule has 0 aliphatic carbocycles. The summed E-state index contributed by atoms with van der Waals surface area (Å²) in [5.74, 6) is 0. The number of nitrogens with zero attached hydrogens (tertiary/aromatic N) is 2. The standard InChI is InChI=1S/C36H25N3S/c37-24-25-8-4-11-27(18-25)28-12-5-15-31(19-28)35-22-33(26-9-2-1-3-10-26)23-36(38-35)32-16-6-13-29(20-32)30-14-7-17-34(21-30)39-40/h1-23,39-40H. The lowest BCUT2D eigenvalue weighted by Crippen LogP contribution is -1.92. The molecule has 0 aliphatic rings. The molecule has 0 bridgehead atoms. The topological polar surface area (TPSA) is 48.7 Å². The van der Waals surface area contributed by atoms with Gasteiger partial charge < -0.3 is 4.72 Å². The molecule has 0 amide bonds. The van der Waals surface area contributed by atoms with Gasteiger partial charge in [-0.15, -0.1) is 0 Å². The molecule has 1 N–H and O–H groups in total. The molecule has 1 aromatic heterocycles. The number of nitriles is 1. The van der Waals surface area contributed by atoms with Gasteiger partial charge in [0, 0.05) is 16.8 Å². The van der Waals surface area contributed by atoms with E-state index in [1.807, 2.05) is 48.5 Å². The maximum absolute atomic E-state index is 9.37. The summed E-state index contributed by atoms with van der Waals surface area (Å²) < 4.78 is 2.92. The average molecular weight is 532 g/mol. The zero-order chi connectivity index (χ0) is 27.3. The molecular formula is C36H25N3S. The number of nitrogens with one attached hydrogen (secondary N) is 1. The van der Waals surface area contributed by atoms with Crippen molar-refractivity contribution in [2.45, 2.75) is 0 Å². The summed E-state index contributed by atoms with van der Waals surface area (Å²) in [5.41, 5.74) is 11.9. The summed E-state index contributed by atoms with van der Waals surface area (Å²) >= 11 is 4.21. The molecular weight excluding hydrogens is 506 g/mol. The van der Waals surface area contributed by atoms with Crippen molar-refractivity contribution in [3.05, 3.63) is 145 Å². The molecule has 5 aromatic carbocycles. The van der Waals surface area contributed by atoms with E-state index >= 15 is 0 Å². The van der Waals surface area contributed by atoms with E-state index in [-0.39, 0.29) is 0 Å². The van der Waals surface area contributed by atoms with Crippen LogP contribution in [0.15, 0.2) is 140 Å². The fourth-order valence-electron chi connectivity index (χ4n) is 4.88. The molecule has 4 heteroatoms. The van der Waals surface area contributed by atoms with Crippen LogP contribution in [0, 0.1) is 11.3 Å². The van der Waals surface area contributed by atoms with Gasteiger partial charge in [0.1, 0.15) is 0 Å². The fraction of sp³-hybridized carbons (Fsp3) is 0. The van der Waals surface area contributed by atoms with E-state index in [1.54, 1.807) is 0 Å². The van der Waals surface area contributed by atoms with E-state index in [2.05, 4.69) is 115 Å². The number of rotatable bonds is 6. The summed E-state index contributed by atoms with van der Waals surface area (Å²) in [7, 11) is 0. The molecule has 40 heavy (non-hydrogen) atoms. The number of anilines is 1. The highest BCUT2D eigenvalue weighted by molar-refractivity contribution is 7.81.